The number of fused-ring (bicyclic) bond motifs is 3. The van der Waals surface area contributed by atoms with E-state index in [9.17, 15) is 19.5 Å². The molecule has 1 aliphatic rings. The number of aliphatic carboxylic acids is 1. The van der Waals surface area contributed by atoms with Gasteiger partial charge in [-0.1, -0.05) is 79.6 Å². The number of hydrogen-bond donors (Lipinski definition) is 3. The van der Waals surface area contributed by atoms with E-state index in [0.29, 0.717) is 18.5 Å². The van der Waals surface area contributed by atoms with Crippen molar-refractivity contribution in [3.63, 3.8) is 0 Å². The number of carbonyl (C=O) groups excluding carboxylic acids is 2. The Morgan fingerprint density at radius 2 is 1.71 bits per heavy atom. The molecular weight excluding hydrogens is 466 g/mol. The average molecular weight is 494 g/mol. The van der Waals surface area contributed by atoms with Crippen molar-refractivity contribution in [2.75, 3.05) is 11.9 Å². The molecule has 0 unspecified atom stereocenters. The number of nitrogens with one attached hydrogen (secondary N) is 2. The molecule has 9 heteroatoms. The number of anilines is 1. The lowest BCUT2D eigenvalue weighted by molar-refractivity contribution is -0.139. The molecule has 0 spiro atoms. The van der Waals surface area contributed by atoms with Crippen LogP contribution in [-0.4, -0.2) is 40.7 Å². The number of carboxylic acids is 1. The summed E-state index contributed by atoms with van der Waals surface area (Å²) in [5.74, 6) is -1.67. The smallest absolute Gasteiger partial charge is 0.413 e. The minimum atomic E-state index is -1.08. The van der Waals surface area contributed by atoms with Crippen molar-refractivity contribution < 1.29 is 24.2 Å². The minimum Gasteiger partial charge on any atom is -0.480 e. The maximum Gasteiger partial charge on any atom is 0.413 e. The topological polar surface area (TPSA) is 118 Å². The van der Waals surface area contributed by atoms with Gasteiger partial charge in [0.25, 0.3) is 5.91 Å². The number of carbonyl (C=O) groups is 3. The van der Waals surface area contributed by atoms with Crippen LogP contribution in [0.3, 0.4) is 0 Å². The van der Waals surface area contributed by atoms with E-state index < -0.39 is 24.0 Å². The number of thiazole rings is 1. The van der Waals surface area contributed by atoms with Gasteiger partial charge in [0.1, 0.15) is 17.5 Å². The zero-order chi connectivity index (χ0) is 24.9. The third-order valence-electron chi connectivity index (χ3n) is 6.01. The Bertz CT molecular complexity index is 1210. The Balaban J connectivity index is 1.39. The van der Waals surface area contributed by atoms with Crippen molar-refractivity contribution in [2.45, 2.75) is 45.1 Å². The summed E-state index contributed by atoms with van der Waals surface area (Å²) >= 11 is 0.981. The molecule has 1 atom stereocenters. The number of benzene rings is 2. The highest BCUT2D eigenvalue weighted by Gasteiger charge is 2.29. The summed E-state index contributed by atoms with van der Waals surface area (Å²) in [6.45, 7) is 3.75. The predicted octanol–water partition coefficient (Wildman–Crippen LogP) is 5.19. The van der Waals surface area contributed by atoms with Gasteiger partial charge in [-0.3, -0.25) is 10.1 Å². The van der Waals surface area contributed by atoms with Crippen LogP contribution >= 0.6 is 11.3 Å². The summed E-state index contributed by atoms with van der Waals surface area (Å²) in [5.41, 5.74) is 4.91. The number of rotatable bonds is 9. The molecule has 1 aliphatic carbocycles. The lowest BCUT2D eigenvalue weighted by Crippen LogP contribution is -2.40. The highest BCUT2D eigenvalue weighted by molar-refractivity contribution is 7.17. The first kappa shape index (κ1) is 24.4. The molecule has 4 rings (SSSR count). The SMILES string of the molecule is CCCC[C@H](NC(=O)c1sc(NC(=O)OCC2c3ccccc3-c3ccccc32)nc1C)C(=O)O. The van der Waals surface area contributed by atoms with Gasteiger partial charge in [-0.05, 0) is 35.6 Å². The second-order valence-electron chi connectivity index (χ2n) is 8.39. The van der Waals surface area contributed by atoms with E-state index in [2.05, 4.69) is 27.8 Å². The van der Waals surface area contributed by atoms with Crippen LogP contribution in [0.15, 0.2) is 48.5 Å². The van der Waals surface area contributed by atoms with Gasteiger partial charge in [0.2, 0.25) is 0 Å². The fourth-order valence-corrected chi connectivity index (χ4v) is 5.13. The van der Waals surface area contributed by atoms with Gasteiger partial charge in [-0.15, -0.1) is 0 Å². The van der Waals surface area contributed by atoms with Gasteiger partial charge in [0.15, 0.2) is 5.13 Å². The zero-order valence-corrected chi connectivity index (χ0v) is 20.4. The summed E-state index contributed by atoms with van der Waals surface area (Å²) in [4.78, 5) is 41.1. The lowest BCUT2D eigenvalue weighted by atomic mass is 9.98. The van der Waals surface area contributed by atoms with Gasteiger partial charge >= 0.3 is 12.1 Å². The highest BCUT2D eigenvalue weighted by atomic mass is 32.1. The van der Waals surface area contributed by atoms with Gasteiger partial charge in [0.05, 0.1) is 5.69 Å². The molecule has 0 saturated carbocycles. The van der Waals surface area contributed by atoms with Crippen LogP contribution in [0.5, 0.6) is 0 Å². The molecule has 8 nitrogen and oxygen atoms in total. The number of aromatic nitrogens is 1. The maximum atomic E-state index is 12.6. The van der Waals surface area contributed by atoms with Crippen LogP contribution in [0.1, 0.15) is 58.6 Å². The largest absolute Gasteiger partial charge is 0.480 e. The fraction of sp³-hybridized carbons (Fsp3) is 0.308. The zero-order valence-electron chi connectivity index (χ0n) is 19.5. The fourth-order valence-electron chi connectivity index (χ4n) is 4.27. The monoisotopic (exact) mass is 493 g/mol. The van der Waals surface area contributed by atoms with Gasteiger partial charge < -0.3 is 15.2 Å². The molecule has 3 aromatic rings. The lowest BCUT2D eigenvalue weighted by Gasteiger charge is -2.14. The Kier molecular flexibility index (Phi) is 7.45. The summed E-state index contributed by atoms with van der Waals surface area (Å²) < 4.78 is 5.53. The van der Waals surface area contributed by atoms with Gasteiger partial charge in [0, 0.05) is 5.92 Å². The van der Waals surface area contributed by atoms with Crippen LogP contribution in [0, 0.1) is 6.92 Å². The first-order valence-corrected chi connectivity index (χ1v) is 12.3. The third kappa shape index (κ3) is 5.35. The molecule has 3 N–H and O–H groups in total. The Morgan fingerprint density at radius 1 is 1.09 bits per heavy atom. The number of nitrogens with zero attached hydrogens (tertiary/aromatic N) is 1. The molecule has 1 aromatic heterocycles. The molecule has 2 aromatic carbocycles. The molecule has 0 aliphatic heterocycles. The minimum absolute atomic E-state index is 0.0661. The average Bonchev–Trinajstić information content (AvgIpc) is 3.37. The van der Waals surface area contributed by atoms with Gasteiger partial charge in [-0.2, -0.15) is 0 Å². The molecule has 2 amide bonds. The van der Waals surface area contributed by atoms with Crippen LogP contribution in [0.2, 0.25) is 0 Å². The van der Waals surface area contributed by atoms with Crippen molar-refractivity contribution in [1.82, 2.24) is 10.3 Å². The van der Waals surface area contributed by atoms with E-state index in [1.807, 2.05) is 43.3 Å². The second-order valence-corrected chi connectivity index (χ2v) is 9.39. The number of unbranched alkanes of at least 4 members (excludes halogenated alkanes) is 1. The Hall–Kier alpha value is -3.72. The second kappa shape index (κ2) is 10.7. The predicted molar refractivity (Wildman–Crippen MR) is 134 cm³/mol. The summed E-state index contributed by atoms with van der Waals surface area (Å²) in [7, 11) is 0. The van der Waals surface area contributed by atoms with E-state index in [1.165, 1.54) is 0 Å². The number of hydrogen-bond acceptors (Lipinski definition) is 6. The standard InChI is InChI=1S/C26H27N3O5S/c1-3-4-13-21(24(31)32)28-23(30)22-15(2)27-25(35-22)29-26(33)34-14-20-18-11-7-5-9-16(18)17-10-6-8-12-19(17)20/h5-12,20-21H,3-4,13-14H2,1-2H3,(H,28,30)(H,31,32)(H,27,29,33)/t21-/m0/s1. The first-order chi connectivity index (χ1) is 16.9. The van der Waals surface area contributed by atoms with E-state index in [4.69, 9.17) is 4.74 Å². The molecule has 182 valence electrons. The summed E-state index contributed by atoms with van der Waals surface area (Å²) in [6, 6.07) is 15.2. The first-order valence-electron chi connectivity index (χ1n) is 11.5. The number of aryl methyl sites for hydroxylation is 1. The van der Waals surface area contributed by atoms with Crippen molar-refractivity contribution in [3.8, 4) is 11.1 Å². The van der Waals surface area contributed by atoms with E-state index >= 15 is 0 Å². The van der Waals surface area contributed by atoms with Crippen LogP contribution in [0.4, 0.5) is 9.93 Å². The molecule has 0 radical (unpaired) electrons. The third-order valence-corrected chi connectivity index (χ3v) is 7.08. The maximum absolute atomic E-state index is 12.6. The molecular formula is C26H27N3O5S. The van der Waals surface area contributed by atoms with E-state index in [-0.39, 0.29) is 22.5 Å². The summed E-state index contributed by atoms with van der Waals surface area (Å²) in [5, 5.41) is 14.7. The van der Waals surface area contributed by atoms with E-state index in [1.54, 1.807) is 6.92 Å². The molecule has 0 bridgehead atoms. The molecule has 0 saturated heterocycles. The van der Waals surface area contributed by atoms with Crippen LogP contribution in [0.25, 0.3) is 11.1 Å². The molecule has 0 fully saturated rings. The quantitative estimate of drug-likeness (QED) is 0.378. The van der Waals surface area contributed by atoms with Crippen LogP contribution < -0.4 is 10.6 Å². The molecule has 1 heterocycles. The summed E-state index contributed by atoms with van der Waals surface area (Å²) in [6.07, 6.45) is 1.19. The van der Waals surface area contributed by atoms with Crippen molar-refractivity contribution >= 4 is 34.4 Å². The van der Waals surface area contributed by atoms with Crippen molar-refractivity contribution in [2.24, 2.45) is 0 Å². The number of ether oxygens (including phenoxy) is 1. The Morgan fingerprint density at radius 3 is 2.31 bits per heavy atom. The number of amides is 2. The Labute approximate surface area is 207 Å². The van der Waals surface area contributed by atoms with Crippen molar-refractivity contribution in [3.05, 3.63) is 70.2 Å². The van der Waals surface area contributed by atoms with Gasteiger partial charge in [-0.25, -0.2) is 14.6 Å². The van der Waals surface area contributed by atoms with Crippen molar-refractivity contribution in [1.29, 1.82) is 0 Å². The highest BCUT2D eigenvalue weighted by Crippen LogP contribution is 2.44. The molecule has 35 heavy (non-hydrogen) atoms. The van der Waals surface area contributed by atoms with Crippen LogP contribution in [-0.2, 0) is 9.53 Å². The normalized spacial score (nSPS) is 13.0. The van der Waals surface area contributed by atoms with E-state index in [0.717, 1.165) is 40.0 Å². The number of carboxylic acid groups (broad SMARTS) is 1.